The van der Waals surface area contributed by atoms with Crippen molar-refractivity contribution in [3.8, 4) is 10.6 Å². The zero-order valence-corrected chi connectivity index (χ0v) is 13.8. The topological polar surface area (TPSA) is 58.0 Å². The first-order chi connectivity index (χ1) is 11.2. The molecule has 1 atom stereocenters. The van der Waals surface area contributed by atoms with E-state index in [-0.39, 0.29) is 0 Å². The van der Waals surface area contributed by atoms with Crippen molar-refractivity contribution in [1.29, 1.82) is 0 Å². The Morgan fingerprint density at radius 1 is 1.13 bits per heavy atom. The molecule has 0 aliphatic rings. The third kappa shape index (κ3) is 4.22. The van der Waals surface area contributed by atoms with Crippen LogP contribution < -0.4 is 5.32 Å². The SMILES string of the molecule is Cc1ccc(-c2ncc(CNCC(O)c3ccncc3)s2)cc1. The van der Waals surface area contributed by atoms with Crippen molar-refractivity contribution in [1.82, 2.24) is 15.3 Å². The number of hydrogen-bond donors (Lipinski definition) is 2. The summed E-state index contributed by atoms with van der Waals surface area (Å²) in [4.78, 5) is 9.59. The van der Waals surface area contributed by atoms with Gasteiger partial charge in [0, 0.05) is 42.1 Å². The molecule has 0 saturated heterocycles. The summed E-state index contributed by atoms with van der Waals surface area (Å²) in [6.07, 6.45) is 4.75. The highest BCUT2D eigenvalue weighted by Gasteiger charge is 2.08. The summed E-state index contributed by atoms with van der Waals surface area (Å²) in [5.41, 5.74) is 3.26. The van der Waals surface area contributed by atoms with Crippen molar-refractivity contribution in [2.75, 3.05) is 6.54 Å². The normalized spacial score (nSPS) is 12.3. The number of aromatic nitrogens is 2. The number of aliphatic hydroxyl groups excluding tert-OH is 1. The predicted molar refractivity (Wildman–Crippen MR) is 93.2 cm³/mol. The van der Waals surface area contributed by atoms with Gasteiger partial charge in [0.05, 0.1) is 6.10 Å². The summed E-state index contributed by atoms with van der Waals surface area (Å²) in [6, 6.07) is 12.0. The molecule has 2 N–H and O–H groups in total. The summed E-state index contributed by atoms with van der Waals surface area (Å²) in [5, 5.41) is 14.4. The van der Waals surface area contributed by atoms with Gasteiger partial charge in [0.25, 0.3) is 0 Å². The maximum Gasteiger partial charge on any atom is 0.123 e. The van der Waals surface area contributed by atoms with Crippen LogP contribution in [0.2, 0.25) is 0 Å². The first-order valence-corrected chi connectivity index (χ1v) is 8.34. The van der Waals surface area contributed by atoms with Crippen molar-refractivity contribution in [3.05, 3.63) is 71.0 Å². The zero-order chi connectivity index (χ0) is 16.1. The lowest BCUT2D eigenvalue weighted by Crippen LogP contribution is -2.20. The first-order valence-electron chi connectivity index (χ1n) is 7.53. The van der Waals surface area contributed by atoms with Crippen LogP contribution in [0.3, 0.4) is 0 Å². The highest BCUT2D eigenvalue weighted by atomic mass is 32.1. The van der Waals surface area contributed by atoms with Crippen LogP contribution in [-0.4, -0.2) is 21.6 Å². The van der Waals surface area contributed by atoms with Crippen LogP contribution in [0.4, 0.5) is 0 Å². The summed E-state index contributed by atoms with van der Waals surface area (Å²) in [6.45, 7) is 3.28. The van der Waals surface area contributed by atoms with E-state index < -0.39 is 6.10 Å². The summed E-state index contributed by atoms with van der Waals surface area (Å²) in [5.74, 6) is 0. The van der Waals surface area contributed by atoms with Gasteiger partial charge in [-0.05, 0) is 24.6 Å². The monoisotopic (exact) mass is 325 g/mol. The highest BCUT2D eigenvalue weighted by molar-refractivity contribution is 7.15. The standard InChI is InChI=1S/C18H19N3OS/c1-13-2-4-15(5-3-13)18-21-11-16(23-18)10-20-12-17(22)14-6-8-19-9-7-14/h2-9,11,17,20,22H,10,12H2,1H3. The molecule has 1 unspecified atom stereocenters. The van der Waals surface area contributed by atoms with Crippen LogP contribution in [0, 0.1) is 6.92 Å². The molecule has 0 aliphatic carbocycles. The van der Waals surface area contributed by atoms with Gasteiger partial charge in [0.2, 0.25) is 0 Å². The zero-order valence-electron chi connectivity index (χ0n) is 12.9. The fraction of sp³-hybridized carbons (Fsp3) is 0.222. The van der Waals surface area contributed by atoms with Gasteiger partial charge < -0.3 is 10.4 Å². The van der Waals surface area contributed by atoms with Crippen LogP contribution in [0.1, 0.15) is 22.1 Å². The average Bonchev–Trinajstić information content (AvgIpc) is 3.05. The molecule has 0 saturated carbocycles. The van der Waals surface area contributed by atoms with Crippen molar-refractivity contribution < 1.29 is 5.11 Å². The van der Waals surface area contributed by atoms with Crippen LogP contribution in [0.5, 0.6) is 0 Å². The lowest BCUT2D eigenvalue weighted by Gasteiger charge is -2.11. The molecule has 118 valence electrons. The molecule has 0 spiro atoms. The van der Waals surface area contributed by atoms with Gasteiger partial charge in [-0.3, -0.25) is 4.98 Å². The number of benzene rings is 1. The van der Waals surface area contributed by atoms with E-state index in [2.05, 4.69) is 46.5 Å². The van der Waals surface area contributed by atoms with Crippen molar-refractivity contribution >= 4 is 11.3 Å². The number of nitrogens with one attached hydrogen (secondary N) is 1. The predicted octanol–water partition coefficient (Wildman–Crippen LogP) is 3.34. The Morgan fingerprint density at radius 3 is 2.61 bits per heavy atom. The van der Waals surface area contributed by atoms with Gasteiger partial charge in [0.15, 0.2) is 0 Å². The fourth-order valence-corrected chi connectivity index (χ4v) is 3.14. The second-order valence-corrected chi connectivity index (χ2v) is 6.54. The Hall–Kier alpha value is -2.08. The minimum Gasteiger partial charge on any atom is -0.387 e. The Morgan fingerprint density at radius 2 is 1.87 bits per heavy atom. The Bertz CT molecular complexity index is 740. The summed E-state index contributed by atoms with van der Waals surface area (Å²) >= 11 is 1.67. The lowest BCUT2D eigenvalue weighted by molar-refractivity contribution is 0.174. The molecule has 0 bridgehead atoms. The quantitative estimate of drug-likeness (QED) is 0.730. The van der Waals surface area contributed by atoms with Gasteiger partial charge in [-0.2, -0.15) is 0 Å². The minimum absolute atomic E-state index is 0.502. The van der Waals surface area contributed by atoms with Crippen LogP contribution in [0.15, 0.2) is 55.0 Å². The number of hydrogen-bond acceptors (Lipinski definition) is 5. The van der Waals surface area contributed by atoms with E-state index in [0.29, 0.717) is 13.1 Å². The molecule has 2 aromatic heterocycles. The third-order valence-corrected chi connectivity index (χ3v) is 4.63. The molecule has 4 nitrogen and oxygen atoms in total. The molecule has 23 heavy (non-hydrogen) atoms. The molecular formula is C18H19N3OS. The molecule has 3 aromatic rings. The number of nitrogens with zero attached hydrogens (tertiary/aromatic N) is 2. The second-order valence-electron chi connectivity index (χ2n) is 5.42. The number of aliphatic hydroxyl groups is 1. The van der Waals surface area contributed by atoms with Gasteiger partial charge in [-0.15, -0.1) is 11.3 Å². The van der Waals surface area contributed by atoms with E-state index in [1.807, 2.05) is 18.3 Å². The lowest BCUT2D eigenvalue weighted by atomic mass is 10.1. The molecular weight excluding hydrogens is 306 g/mol. The largest absolute Gasteiger partial charge is 0.387 e. The molecule has 3 rings (SSSR count). The minimum atomic E-state index is -0.525. The van der Waals surface area contributed by atoms with Gasteiger partial charge in [0.1, 0.15) is 5.01 Å². The van der Waals surface area contributed by atoms with E-state index in [0.717, 1.165) is 21.0 Å². The molecule has 0 fully saturated rings. The third-order valence-electron chi connectivity index (χ3n) is 3.58. The van der Waals surface area contributed by atoms with Crippen LogP contribution in [0.25, 0.3) is 10.6 Å². The maximum atomic E-state index is 10.1. The number of pyridine rings is 1. The van der Waals surface area contributed by atoms with Crippen molar-refractivity contribution in [3.63, 3.8) is 0 Å². The number of thiazole rings is 1. The van der Waals surface area contributed by atoms with Crippen LogP contribution >= 0.6 is 11.3 Å². The van der Waals surface area contributed by atoms with E-state index in [1.165, 1.54) is 5.56 Å². The Labute approximate surface area is 139 Å². The first kappa shape index (κ1) is 15.8. The van der Waals surface area contributed by atoms with Crippen molar-refractivity contribution in [2.24, 2.45) is 0 Å². The average molecular weight is 325 g/mol. The molecule has 1 aromatic carbocycles. The van der Waals surface area contributed by atoms with E-state index >= 15 is 0 Å². The summed E-state index contributed by atoms with van der Waals surface area (Å²) < 4.78 is 0. The number of rotatable bonds is 6. The Balaban J connectivity index is 1.54. The molecule has 0 radical (unpaired) electrons. The Kier molecular flexibility index (Phi) is 5.12. The molecule has 0 aliphatic heterocycles. The molecule has 2 heterocycles. The van der Waals surface area contributed by atoms with Crippen molar-refractivity contribution in [2.45, 2.75) is 19.6 Å². The highest BCUT2D eigenvalue weighted by Crippen LogP contribution is 2.25. The second kappa shape index (κ2) is 7.46. The molecule has 0 amide bonds. The van der Waals surface area contributed by atoms with Gasteiger partial charge >= 0.3 is 0 Å². The van der Waals surface area contributed by atoms with E-state index in [4.69, 9.17) is 0 Å². The van der Waals surface area contributed by atoms with Crippen LogP contribution in [-0.2, 0) is 6.54 Å². The maximum absolute atomic E-state index is 10.1. The van der Waals surface area contributed by atoms with E-state index in [9.17, 15) is 5.11 Å². The summed E-state index contributed by atoms with van der Waals surface area (Å²) in [7, 11) is 0. The fourth-order valence-electron chi connectivity index (χ4n) is 2.25. The van der Waals surface area contributed by atoms with Gasteiger partial charge in [-0.1, -0.05) is 29.8 Å². The van der Waals surface area contributed by atoms with E-state index in [1.54, 1.807) is 23.7 Å². The molecule has 5 heteroatoms. The smallest absolute Gasteiger partial charge is 0.123 e. The number of aryl methyl sites for hydroxylation is 1. The van der Waals surface area contributed by atoms with Gasteiger partial charge in [-0.25, -0.2) is 4.98 Å².